The van der Waals surface area contributed by atoms with Crippen LogP contribution in [0.4, 0.5) is 0 Å². The third-order valence-corrected chi connectivity index (χ3v) is 4.60. The molecule has 4 heteroatoms. The number of esters is 1. The summed E-state index contributed by atoms with van der Waals surface area (Å²) in [4.78, 5) is 11.0. The van der Waals surface area contributed by atoms with E-state index in [0.29, 0.717) is 6.42 Å². The SMILES string of the molecule is COC(=O)[C@H](O)CCCCCCCCCCCCOCc1ccccc1. The average Bonchev–Trinajstić information content (AvgIpc) is 2.68. The van der Waals surface area contributed by atoms with Gasteiger partial charge in [-0.25, -0.2) is 4.79 Å². The predicted octanol–water partition coefficient (Wildman–Crippen LogP) is 5.03. The highest BCUT2D eigenvalue weighted by molar-refractivity contribution is 5.74. The largest absolute Gasteiger partial charge is 0.467 e. The van der Waals surface area contributed by atoms with Crippen molar-refractivity contribution < 1.29 is 19.4 Å². The maximum Gasteiger partial charge on any atom is 0.334 e. The number of carbonyl (C=O) groups is 1. The Morgan fingerprint density at radius 2 is 1.42 bits per heavy atom. The summed E-state index contributed by atoms with van der Waals surface area (Å²) in [7, 11) is 1.31. The van der Waals surface area contributed by atoms with Crippen LogP contribution in [-0.2, 0) is 20.9 Å². The zero-order valence-electron chi connectivity index (χ0n) is 16.3. The molecule has 0 aliphatic carbocycles. The summed E-state index contributed by atoms with van der Waals surface area (Å²) < 4.78 is 10.2. The van der Waals surface area contributed by atoms with Crippen LogP contribution in [0.3, 0.4) is 0 Å². The molecule has 0 aliphatic rings. The molecule has 1 N–H and O–H groups in total. The van der Waals surface area contributed by atoms with Gasteiger partial charge in [-0.1, -0.05) is 88.1 Å². The Bertz CT molecular complexity index is 447. The highest BCUT2D eigenvalue weighted by atomic mass is 16.5. The van der Waals surface area contributed by atoms with Crippen molar-refractivity contribution in [3.05, 3.63) is 35.9 Å². The molecule has 148 valence electrons. The van der Waals surface area contributed by atoms with Gasteiger partial charge in [-0.3, -0.25) is 0 Å². The van der Waals surface area contributed by atoms with Crippen LogP contribution >= 0.6 is 0 Å². The Morgan fingerprint density at radius 3 is 2.00 bits per heavy atom. The molecule has 4 nitrogen and oxygen atoms in total. The summed E-state index contributed by atoms with van der Waals surface area (Å²) in [6, 6.07) is 10.3. The molecule has 0 amide bonds. The summed E-state index contributed by atoms with van der Waals surface area (Å²) in [5.41, 5.74) is 1.24. The van der Waals surface area contributed by atoms with Crippen molar-refractivity contribution in [3.8, 4) is 0 Å². The monoisotopic (exact) mass is 364 g/mol. The maximum absolute atomic E-state index is 11.0. The van der Waals surface area contributed by atoms with Gasteiger partial charge in [0.1, 0.15) is 0 Å². The molecular weight excluding hydrogens is 328 g/mol. The summed E-state index contributed by atoms with van der Waals surface area (Å²) in [5, 5.41) is 9.47. The van der Waals surface area contributed by atoms with Crippen LogP contribution in [0.15, 0.2) is 30.3 Å². The summed E-state index contributed by atoms with van der Waals surface area (Å²) in [6.45, 7) is 1.57. The van der Waals surface area contributed by atoms with Gasteiger partial charge in [0.2, 0.25) is 0 Å². The van der Waals surface area contributed by atoms with Crippen LogP contribution in [-0.4, -0.2) is 30.9 Å². The predicted molar refractivity (Wildman–Crippen MR) is 105 cm³/mol. The molecular formula is C22H36O4. The van der Waals surface area contributed by atoms with Crippen molar-refractivity contribution in [3.63, 3.8) is 0 Å². The van der Waals surface area contributed by atoms with Crippen molar-refractivity contribution in [2.75, 3.05) is 13.7 Å². The number of rotatable bonds is 16. The fraction of sp³-hybridized carbons (Fsp3) is 0.682. The zero-order valence-corrected chi connectivity index (χ0v) is 16.3. The van der Waals surface area contributed by atoms with E-state index >= 15 is 0 Å². The highest BCUT2D eigenvalue weighted by Gasteiger charge is 2.13. The van der Waals surface area contributed by atoms with Gasteiger partial charge in [0.05, 0.1) is 13.7 Å². The second-order valence-corrected chi connectivity index (χ2v) is 6.90. The minimum absolute atomic E-state index is 0.513. The molecule has 1 aromatic rings. The normalized spacial score (nSPS) is 12.1. The van der Waals surface area contributed by atoms with E-state index in [2.05, 4.69) is 16.9 Å². The van der Waals surface area contributed by atoms with E-state index in [9.17, 15) is 9.90 Å². The maximum atomic E-state index is 11.0. The van der Waals surface area contributed by atoms with Crippen LogP contribution in [0.25, 0.3) is 0 Å². The van der Waals surface area contributed by atoms with Gasteiger partial charge in [-0.15, -0.1) is 0 Å². The van der Waals surface area contributed by atoms with Crippen LogP contribution in [0.2, 0.25) is 0 Å². The first-order valence-electron chi connectivity index (χ1n) is 10.1. The van der Waals surface area contributed by atoms with Crippen LogP contribution < -0.4 is 0 Å². The van der Waals surface area contributed by atoms with E-state index in [0.717, 1.165) is 32.5 Å². The summed E-state index contributed by atoms with van der Waals surface area (Å²) >= 11 is 0. The van der Waals surface area contributed by atoms with Crippen molar-refractivity contribution in [1.82, 2.24) is 0 Å². The number of aliphatic hydroxyl groups excluding tert-OH is 1. The molecule has 0 unspecified atom stereocenters. The van der Waals surface area contributed by atoms with E-state index in [1.165, 1.54) is 57.6 Å². The van der Waals surface area contributed by atoms with Gasteiger partial charge in [0.25, 0.3) is 0 Å². The molecule has 1 rings (SSSR count). The Morgan fingerprint density at radius 1 is 0.885 bits per heavy atom. The molecule has 0 spiro atoms. The first-order valence-corrected chi connectivity index (χ1v) is 10.1. The van der Waals surface area contributed by atoms with Gasteiger partial charge in [0, 0.05) is 6.61 Å². The zero-order chi connectivity index (χ0) is 18.9. The minimum atomic E-state index is -0.948. The van der Waals surface area contributed by atoms with Gasteiger partial charge >= 0.3 is 5.97 Å². The molecule has 1 atom stereocenters. The molecule has 0 radical (unpaired) electrons. The third kappa shape index (κ3) is 12.0. The molecule has 0 saturated heterocycles. The molecule has 0 aliphatic heterocycles. The fourth-order valence-electron chi connectivity index (χ4n) is 2.97. The summed E-state index contributed by atoms with van der Waals surface area (Å²) in [5.74, 6) is -0.518. The molecule has 26 heavy (non-hydrogen) atoms. The van der Waals surface area contributed by atoms with Gasteiger partial charge in [-0.05, 0) is 18.4 Å². The third-order valence-electron chi connectivity index (χ3n) is 4.60. The number of aliphatic hydroxyl groups is 1. The number of carbonyl (C=O) groups excluding carboxylic acids is 1. The van der Waals surface area contributed by atoms with E-state index in [1.54, 1.807) is 0 Å². The molecule has 0 aromatic heterocycles. The number of unbranched alkanes of at least 4 members (excludes halogenated alkanes) is 9. The first kappa shape index (κ1) is 22.7. The van der Waals surface area contributed by atoms with Crippen LogP contribution in [0, 0.1) is 0 Å². The number of hydrogen-bond acceptors (Lipinski definition) is 4. The van der Waals surface area contributed by atoms with E-state index in [1.807, 2.05) is 18.2 Å². The lowest BCUT2D eigenvalue weighted by molar-refractivity contribution is -0.150. The van der Waals surface area contributed by atoms with E-state index in [-0.39, 0.29) is 0 Å². The van der Waals surface area contributed by atoms with Crippen LogP contribution in [0.5, 0.6) is 0 Å². The molecule has 0 fully saturated rings. The Balaban J connectivity index is 1.76. The number of benzene rings is 1. The fourth-order valence-corrected chi connectivity index (χ4v) is 2.97. The number of methoxy groups -OCH3 is 1. The lowest BCUT2D eigenvalue weighted by atomic mass is 10.0. The quantitative estimate of drug-likeness (QED) is 0.330. The number of ether oxygens (including phenoxy) is 2. The summed E-state index contributed by atoms with van der Waals surface area (Å²) in [6.07, 6.45) is 11.5. The Hall–Kier alpha value is -1.39. The smallest absolute Gasteiger partial charge is 0.334 e. The Kier molecular flexibility index (Phi) is 13.8. The molecule has 1 aromatic carbocycles. The second-order valence-electron chi connectivity index (χ2n) is 6.90. The topological polar surface area (TPSA) is 55.8 Å². The van der Waals surface area contributed by atoms with E-state index in [4.69, 9.17) is 4.74 Å². The standard InChI is InChI=1S/C22H36O4/c1-25-22(24)21(23)17-13-8-6-4-2-3-5-7-9-14-18-26-19-20-15-11-10-12-16-20/h10-12,15-16,21,23H,2-9,13-14,17-19H2,1H3/t21-/m1/s1. The minimum Gasteiger partial charge on any atom is -0.467 e. The lowest BCUT2D eigenvalue weighted by Gasteiger charge is -2.07. The van der Waals surface area contributed by atoms with Crippen molar-refractivity contribution in [2.24, 2.45) is 0 Å². The second kappa shape index (κ2) is 15.8. The highest BCUT2D eigenvalue weighted by Crippen LogP contribution is 2.12. The van der Waals surface area contributed by atoms with Crippen molar-refractivity contribution in [1.29, 1.82) is 0 Å². The Labute approximate surface area is 158 Å². The van der Waals surface area contributed by atoms with E-state index < -0.39 is 12.1 Å². The molecule has 0 heterocycles. The number of hydrogen-bond donors (Lipinski definition) is 1. The van der Waals surface area contributed by atoms with Gasteiger partial charge in [-0.2, -0.15) is 0 Å². The molecule has 0 saturated carbocycles. The lowest BCUT2D eigenvalue weighted by Crippen LogP contribution is -2.21. The van der Waals surface area contributed by atoms with Gasteiger partial charge in [0.15, 0.2) is 6.10 Å². The molecule has 0 bridgehead atoms. The van der Waals surface area contributed by atoms with Gasteiger partial charge < -0.3 is 14.6 Å². The first-order chi connectivity index (χ1) is 12.7. The van der Waals surface area contributed by atoms with Crippen LogP contribution in [0.1, 0.15) is 76.2 Å². The average molecular weight is 365 g/mol. The van der Waals surface area contributed by atoms with Crippen molar-refractivity contribution in [2.45, 2.75) is 83.3 Å². The van der Waals surface area contributed by atoms with Crippen molar-refractivity contribution >= 4 is 5.97 Å².